The summed E-state index contributed by atoms with van der Waals surface area (Å²) in [6.45, 7) is 4.42. The highest BCUT2D eigenvalue weighted by Crippen LogP contribution is 2.35. The first-order chi connectivity index (χ1) is 13.4. The van der Waals surface area contributed by atoms with Crippen molar-refractivity contribution in [1.29, 1.82) is 0 Å². The van der Waals surface area contributed by atoms with Gasteiger partial charge in [0.25, 0.3) is 10.0 Å². The molecule has 28 heavy (non-hydrogen) atoms. The fourth-order valence-corrected chi connectivity index (χ4v) is 5.08. The number of hydrogen-bond acceptors (Lipinski definition) is 4. The van der Waals surface area contributed by atoms with Gasteiger partial charge in [-0.25, -0.2) is 17.9 Å². The zero-order valence-corrected chi connectivity index (χ0v) is 16.8. The maximum absolute atomic E-state index is 12.5. The van der Waals surface area contributed by atoms with Gasteiger partial charge < -0.3 is 4.90 Å². The van der Waals surface area contributed by atoms with E-state index in [1.54, 1.807) is 17.0 Å². The lowest BCUT2D eigenvalue weighted by atomic mass is 10.1. The van der Waals surface area contributed by atoms with Crippen LogP contribution in [0.4, 0.5) is 4.79 Å². The van der Waals surface area contributed by atoms with E-state index in [0.29, 0.717) is 19.1 Å². The molecule has 0 radical (unpaired) electrons. The van der Waals surface area contributed by atoms with Crippen LogP contribution in [0.25, 0.3) is 0 Å². The maximum Gasteiger partial charge on any atom is 0.331 e. The summed E-state index contributed by atoms with van der Waals surface area (Å²) in [7, 11) is -3.85. The van der Waals surface area contributed by atoms with Crippen LogP contribution in [0, 0.1) is 6.92 Å². The molecular formula is C21H25N3O3S. The van der Waals surface area contributed by atoms with Crippen LogP contribution in [-0.4, -0.2) is 50.4 Å². The van der Waals surface area contributed by atoms with Crippen LogP contribution >= 0.6 is 0 Å². The quantitative estimate of drug-likeness (QED) is 0.862. The van der Waals surface area contributed by atoms with Gasteiger partial charge in [-0.15, -0.1) is 0 Å². The minimum Gasteiger partial charge on any atom is -0.321 e. The fourth-order valence-electron chi connectivity index (χ4n) is 4.11. The monoisotopic (exact) mass is 399 g/mol. The van der Waals surface area contributed by atoms with Crippen LogP contribution in [0.3, 0.4) is 0 Å². The van der Waals surface area contributed by atoms with Crippen LogP contribution in [0.2, 0.25) is 0 Å². The van der Waals surface area contributed by atoms with E-state index in [9.17, 15) is 13.2 Å². The van der Waals surface area contributed by atoms with Crippen molar-refractivity contribution < 1.29 is 13.2 Å². The summed E-state index contributed by atoms with van der Waals surface area (Å²) in [6, 6.07) is 14.9. The summed E-state index contributed by atoms with van der Waals surface area (Å²) in [5.41, 5.74) is 3.77. The average Bonchev–Trinajstić information content (AvgIpc) is 3.12. The Labute approximate surface area is 166 Å². The molecule has 1 saturated heterocycles. The van der Waals surface area contributed by atoms with Crippen molar-refractivity contribution in [2.75, 3.05) is 26.2 Å². The minimum absolute atomic E-state index is 0.104. The molecule has 2 aromatic rings. The second kappa shape index (κ2) is 7.56. The molecular weight excluding hydrogens is 374 g/mol. The molecule has 1 unspecified atom stereocenters. The normalized spacial score (nSPS) is 20.0. The number of fused-ring (bicyclic) bond motifs is 1. The average molecular weight is 400 g/mol. The van der Waals surface area contributed by atoms with Gasteiger partial charge in [0.05, 0.1) is 4.90 Å². The van der Waals surface area contributed by atoms with Crippen molar-refractivity contribution >= 4 is 16.1 Å². The lowest BCUT2D eigenvalue weighted by molar-refractivity contribution is 0.110. The third-order valence-corrected chi connectivity index (χ3v) is 7.03. The smallest absolute Gasteiger partial charge is 0.321 e. The number of hydrogen-bond donors (Lipinski definition) is 1. The molecule has 1 aliphatic heterocycles. The minimum atomic E-state index is -3.85. The summed E-state index contributed by atoms with van der Waals surface area (Å²) in [4.78, 5) is 16.6. The molecule has 148 valence electrons. The number of nitrogens with one attached hydrogen (secondary N) is 1. The highest BCUT2D eigenvalue weighted by atomic mass is 32.2. The molecule has 4 rings (SSSR count). The molecule has 1 aliphatic carbocycles. The van der Waals surface area contributed by atoms with Crippen LogP contribution in [-0.2, 0) is 16.4 Å². The van der Waals surface area contributed by atoms with Gasteiger partial charge in [0.2, 0.25) is 0 Å². The van der Waals surface area contributed by atoms with Crippen molar-refractivity contribution in [3.05, 3.63) is 65.2 Å². The zero-order chi connectivity index (χ0) is 19.7. The molecule has 0 aromatic heterocycles. The Morgan fingerprint density at radius 3 is 2.39 bits per heavy atom. The van der Waals surface area contributed by atoms with Crippen LogP contribution in [0.1, 0.15) is 29.2 Å². The van der Waals surface area contributed by atoms with E-state index in [4.69, 9.17) is 0 Å². The number of benzene rings is 2. The Bertz CT molecular complexity index is 965. The predicted molar refractivity (Wildman–Crippen MR) is 108 cm³/mol. The molecule has 0 saturated carbocycles. The second-order valence-electron chi connectivity index (χ2n) is 7.50. The molecule has 7 heteroatoms. The van der Waals surface area contributed by atoms with Crippen molar-refractivity contribution in [2.24, 2.45) is 0 Å². The Hall–Kier alpha value is -2.38. The molecule has 2 aliphatic rings. The van der Waals surface area contributed by atoms with E-state index in [1.807, 2.05) is 6.92 Å². The number of nitrogens with zero attached hydrogens (tertiary/aromatic N) is 2. The molecule has 2 amide bonds. The van der Waals surface area contributed by atoms with Crippen LogP contribution < -0.4 is 4.72 Å². The van der Waals surface area contributed by atoms with Gasteiger partial charge in [-0.05, 0) is 43.0 Å². The van der Waals surface area contributed by atoms with Gasteiger partial charge in [0, 0.05) is 32.2 Å². The van der Waals surface area contributed by atoms with Crippen LogP contribution in [0.5, 0.6) is 0 Å². The van der Waals surface area contributed by atoms with E-state index in [0.717, 1.165) is 31.5 Å². The highest BCUT2D eigenvalue weighted by molar-refractivity contribution is 7.90. The first-order valence-electron chi connectivity index (χ1n) is 9.64. The molecule has 0 bridgehead atoms. The number of urea groups is 1. The molecule has 1 fully saturated rings. The largest absolute Gasteiger partial charge is 0.331 e. The lowest BCUT2D eigenvalue weighted by Crippen LogP contribution is -2.53. The number of amides is 2. The number of piperazine rings is 1. The number of aryl methyl sites for hydroxylation is 2. The maximum atomic E-state index is 12.5. The molecule has 0 spiro atoms. The van der Waals surface area contributed by atoms with Crippen LogP contribution in [0.15, 0.2) is 53.4 Å². The van der Waals surface area contributed by atoms with Gasteiger partial charge in [-0.2, -0.15) is 0 Å². The molecule has 1 N–H and O–H groups in total. The van der Waals surface area contributed by atoms with E-state index >= 15 is 0 Å². The summed E-state index contributed by atoms with van der Waals surface area (Å²) in [5.74, 6) is 0. The molecule has 1 atom stereocenters. The van der Waals surface area contributed by atoms with Crippen molar-refractivity contribution in [3.63, 3.8) is 0 Å². The van der Waals surface area contributed by atoms with Crippen molar-refractivity contribution in [2.45, 2.75) is 30.7 Å². The fraction of sp³-hybridized carbons (Fsp3) is 0.381. The van der Waals surface area contributed by atoms with E-state index in [-0.39, 0.29) is 4.90 Å². The Morgan fingerprint density at radius 1 is 1.00 bits per heavy atom. The molecule has 1 heterocycles. The summed E-state index contributed by atoms with van der Waals surface area (Å²) >= 11 is 0. The van der Waals surface area contributed by atoms with E-state index < -0.39 is 16.1 Å². The summed E-state index contributed by atoms with van der Waals surface area (Å²) < 4.78 is 27.1. The standard InChI is InChI=1S/C21H25N3O3S/c1-16-6-9-18(10-7-16)28(26,27)22-21(25)24-14-12-23(13-15-24)20-11-8-17-4-2-3-5-19(17)20/h2-7,9-10,20H,8,11-15H2,1H3,(H,22,25). The van der Waals surface area contributed by atoms with Crippen molar-refractivity contribution in [1.82, 2.24) is 14.5 Å². The highest BCUT2D eigenvalue weighted by Gasteiger charge is 2.32. The third kappa shape index (κ3) is 3.77. The number of carbonyl (C=O) groups excluding carboxylic acids is 1. The Morgan fingerprint density at radius 2 is 1.68 bits per heavy atom. The Balaban J connectivity index is 1.36. The van der Waals surface area contributed by atoms with Crippen molar-refractivity contribution in [3.8, 4) is 0 Å². The van der Waals surface area contributed by atoms with E-state index in [2.05, 4.69) is 33.9 Å². The zero-order valence-electron chi connectivity index (χ0n) is 16.0. The first-order valence-corrected chi connectivity index (χ1v) is 11.1. The number of rotatable bonds is 3. The predicted octanol–water partition coefficient (Wildman–Crippen LogP) is 2.70. The number of carbonyl (C=O) groups is 1. The van der Waals surface area contributed by atoms with Gasteiger partial charge in [-0.3, -0.25) is 4.90 Å². The summed E-state index contributed by atoms with van der Waals surface area (Å²) in [6.07, 6.45) is 2.20. The Kier molecular flexibility index (Phi) is 5.12. The van der Waals surface area contributed by atoms with Gasteiger partial charge in [0.15, 0.2) is 0 Å². The van der Waals surface area contributed by atoms with Gasteiger partial charge in [0.1, 0.15) is 0 Å². The number of sulfonamides is 1. The summed E-state index contributed by atoms with van der Waals surface area (Å²) in [5, 5.41) is 0. The second-order valence-corrected chi connectivity index (χ2v) is 9.18. The molecule has 6 nitrogen and oxygen atoms in total. The lowest BCUT2D eigenvalue weighted by Gasteiger charge is -2.38. The SMILES string of the molecule is Cc1ccc(S(=O)(=O)NC(=O)N2CCN(C3CCc4ccccc43)CC2)cc1. The van der Waals surface area contributed by atoms with Gasteiger partial charge in [-0.1, -0.05) is 42.0 Å². The first kappa shape index (κ1) is 19.0. The third-order valence-electron chi connectivity index (χ3n) is 5.70. The molecule has 2 aromatic carbocycles. The van der Waals surface area contributed by atoms with E-state index in [1.165, 1.54) is 23.3 Å². The van der Waals surface area contributed by atoms with Gasteiger partial charge >= 0.3 is 6.03 Å². The topological polar surface area (TPSA) is 69.7 Å².